The van der Waals surface area contributed by atoms with Gasteiger partial charge in [0.15, 0.2) is 0 Å². The van der Waals surface area contributed by atoms with E-state index in [9.17, 15) is 14.4 Å². The number of rotatable bonds is 1. The molecule has 1 spiro atoms. The zero-order valence-corrected chi connectivity index (χ0v) is 13.3. The second kappa shape index (κ2) is 4.58. The van der Waals surface area contributed by atoms with Gasteiger partial charge in [-0.1, -0.05) is 13.3 Å². The summed E-state index contributed by atoms with van der Waals surface area (Å²) in [5, 5.41) is 0. The summed E-state index contributed by atoms with van der Waals surface area (Å²) in [4.78, 5) is 36.0. The number of esters is 3. The van der Waals surface area contributed by atoms with Crippen LogP contribution in [0.1, 0.15) is 39.5 Å². The van der Waals surface area contributed by atoms with Gasteiger partial charge in [0.2, 0.25) is 0 Å². The third kappa shape index (κ3) is 1.78. The lowest BCUT2D eigenvalue weighted by atomic mass is 9.47. The molecule has 0 bridgehead atoms. The van der Waals surface area contributed by atoms with E-state index in [4.69, 9.17) is 14.2 Å². The van der Waals surface area contributed by atoms with Crippen LogP contribution in [0.15, 0.2) is 11.1 Å². The monoisotopic (exact) mass is 320 g/mol. The van der Waals surface area contributed by atoms with Crippen LogP contribution in [0.2, 0.25) is 0 Å². The first-order chi connectivity index (χ1) is 10.9. The van der Waals surface area contributed by atoms with Gasteiger partial charge in [0, 0.05) is 30.3 Å². The summed E-state index contributed by atoms with van der Waals surface area (Å²) in [6.07, 6.45) is 2.36. The van der Waals surface area contributed by atoms with Gasteiger partial charge in [0.1, 0.15) is 24.7 Å². The Balaban J connectivity index is 1.84. The number of cyclic esters (lactones) is 2. The number of hydrogen-bond donors (Lipinski definition) is 0. The molecule has 4 aliphatic rings. The van der Waals surface area contributed by atoms with Gasteiger partial charge >= 0.3 is 17.9 Å². The first-order valence-corrected chi connectivity index (χ1v) is 8.12. The van der Waals surface area contributed by atoms with Crippen molar-refractivity contribution in [3.05, 3.63) is 11.1 Å². The molecular weight excluding hydrogens is 300 g/mol. The predicted octanol–water partition coefficient (Wildman–Crippen LogP) is 1.52. The molecule has 4 rings (SSSR count). The van der Waals surface area contributed by atoms with Crippen LogP contribution in [0.5, 0.6) is 0 Å². The van der Waals surface area contributed by atoms with Gasteiger partial charge < -0.3 is 14.2 Å². The van der Waals surface area contributed by atoms with Crippen molar-refractivity contribution in [3.8, 4) is 0 Å². The van der Waals surface area contributed by atoms with E-state index < -0.39 is 11.5 Å². The maximum absolute atomic E-state index is 12.3. The summed E-state index contributed by atoms with van der Waals surface area (Å²) in [5.41, 5.74) is 0.684. The summed E-state index contributed by atoms with van der Waals surface area (Å²) in [5.74, 6) is -1.05. The SMILES string of the molecule is CC(=O)OC1CC2=C(COC2=O)C2(C)CCCC3(COC3=O)C12. The van der Waals surface area contributed by atoms with Gasteiger partial charge in [0.05, 0.1) is 0 Å². The Labute approximate surface area is 134 Å². The topological polar surface area (TPSA) is 78.9 Å². The lowest BCUT2D eigenvalue weighted by Crippen LogP contribution is -2.64. The Morgan fingerprint density at radius 3 is 2.65 bits per heavy atom. The molecule has 23 heavy (non-hydrogen) atoms. The Morgan fingerprint density at radius 2 is 2.04 bits per heavy atom. The molecule has 6 nitrogen and oxygen atoms in total. The normalized spacial score (nSPS) is 41.7. The van der Waals surface area contributed by atoms with Crippen molar-refractivity contribution < 1.29 is 28.6 Å². The fourth-order valence-electron chi connectivity index (χ4n) is 5.30. The van der Waals surface area contributed by atoms with Crippen molar-refractivity contribution in [2.24, 2.45) is 16.7 Å². The van der Waals surface area contributed by atoms with E-state index in [0.29, 0.717) is 25.2 Å². The summed E-state index contributed by atoms with van der Waals surface area (Å²) in [6.45, 7) is 4.11. The van der Waals surface area contributed by atoms with Crippen LogP contribution in [0, 0.1) is 16.7 Å². The van der Waals surface area contributed by atoms with E-state index in [-0.39, 0.29) is 29.2 Å². The van der Waals surface area contributed by atoms with Crippen molar-refractivity contribution in [2.75, 3.05) is 13.2 Å². The fourth-order valence-corrected chi connectivity index (χ4v) is 5.30. The maximum Gasteiger partial charge on any atom is 0.334 e. The fraction of sp³-hybridized carbons (Fsp3) is 0.706. The smallest absolute Gasteiger partial charge is 0.334 e. The molecule has 4 atom stereocenters. The van der Waals surface area contributed by atoms with Crippen molar-refractivity contribution in [1.82, 2.24) is 0 Å². The van der Waals surface area contributed by atoms with E-state index >= 15 is 0 Å². The quantitative estimate of drug-likeness (QED) is 0.538. The highest BCUT2D eigenvalue weighted by Crippen LogP contribution is 2.63. The van der Waals surface area contributed by atoms with Crippen LogP contribution in [0.4, 0.5) is 0 Å². The molecule has 0 aromatic carbocycles. The molecule has 0 radical (unpaired) electrons. The van der Waals surface area contributed by atoms with Crippen molar-refractivity contribution in [2.45, 2.75) is 45.6 Å². The van der Waals surface area contributed by atoms with Crippen LogP contribution < -0.4 is 0 Å². The molecule has 1 saturated heterocycles. The maximum atomic E-state index is 12.3. The van der Waals surface area contributed by atoms with E-state index in [2.05, 4.69) is 6.92 Å². The molecule has 0 aromatic heterocycles. The highest BCUT2D eigenvalue weighted by molar-refractivity contribution is 5.93. The third-order valence-electron chi connectivity index (χ3n) is 6.21. The lowest BCUT2D eigenvalue weighted by molar-refractivity contribution is -0.222. The molecule has 0 aromatic rings. The van der Waals surface area contributed by atoms with Gasteiger partial charge in [0.25, 0.3) is 0 Å². The van der Waals surface area contributed by atoms with Crippen molar-refractivity contribution in [1.29, 1.82) is 0 Å². The number of ether oxygens (including phenoxy) is 3. The highest BCUT2D eigenvalue weighted by atomic mass is 16.6. The first-order valence-electron chi connectivity index (χ1n) is 8.12. The molecule has 2 aliphatic heterocycles. The minimum atomic E-state index is -0.586. The highest BCUT2D eigenvalue weighted by Gasteiger charge is 2.67. The molecular formula is C17H20O6. The molecule has 124 valence electrons. The van der Waals surface area contributed by atoms with Crippen LogP contribution in [-0.2, 0) is 28.6 Å². The van der Waals surface area contributed by atoms with E-state index in [1.54, 1.807) is 0 Å². The Bertz CT molecular complexity index is 649. The Morgan fingerprint density at radius 1 is 1.26 bits per heavy atom. The molecule has 0 amide bonds. The number of hydrogen-bond acceptors (Lipinski definition) is 6. The summed E-state index contributed by atoms with van der Waals surface area (Å²) < 4.78 is 15.9. The van der Waals surface area contributed by atoms with E-state index in [1.807, 2.05) is 0 Å². The zero-order chi connectivity index (χ0) is 16.4. The minimum Gasteiger partial charge on any atom is -0.464 e. The number of carbonyl (C=O) groups excluding carboxylic acids is 3. The second-order valence-corrected chi connectivity index (χ2v) is 7.37. The first kappa shape index (κ1) is 14.7. The lowest BCUT2D eigenvalue weighted by Gasteiger charge is -2.59. The molecule has 0 N–H and O–H groups in total. The van der Waals surface area contributed by atoms with Crippen LogP contribution in [0.25, 0.3) is 0 Å². The predicted molar refractivity (Wildman–Crippen MR) is 77.0 cm³/mol. The van der Waals surface area contributed by atoms with Crippen molar-refractivity contribution in [3.63, 3.8) is 0 Å². The summed E-state index contributed by atoms with van der Waals surface area (Å²) >= 11 is 0. The molecule has 6 heteroatoms. The number of fused-ring (bicyclic) bond motifs is 3. The number of carbonyl (C=O) groups is 3. The summed E-state index contributed by atoms with van der Waals surface area (Å²) in [6, 6.07) is 0. The Kier molecular flexibility index (Phi) is 2.93. The second-order valence-electron chi connectivity index (χ2n) is 7.37. The zero-order valence-electron chi connectivity index (χ0n) is 13.3. The van der Waals surface area contributed by atoms with Gasteiger partial charge in [-0.25, -0.2) is 4.79 Å². The average molecular weight is 320 g/mol. The average Bonchev–Trinajstić information content (AvgIpc) is 2.86. The van der Waals surface area contributed by atoms with E-state index in [1.165, 1.54) is 6.92 Å². The van der Waals surface area contributed by atoms with Crippen LogP contribution >= 0.6 is 0 Å². The molecule has 1 saturated carbocycles. The third-order valence-corrected chi connectivity index (χ3v) is 6.21. The van der Waals surface area contributed by atoms with Gasteiger partial charge in [-0.3, -0.25) is 9.59 Å². The molecule has 4 unspecified atom stereocenters. The largest absolute Gasteiger partial charge is 0.464 e. The Hall–Kier alpha value is -1.85. The van der Waals surface area contributed by atoms with Gasteiger partial charge in [-0.2, -0.15) is 0 Å². The van der Waals surface area contributed by atoms with Gasteiger partial charge in [-0.05, 0) is 18.4 Å². The molecule has 2 heterocycles. The molecule has 2 aliphatic carbocycles. The van der Waals surface area contributed by atoms with Crippen molar-refractivity contribution >= 4 is 17.9 Å². The van der Waals surface area contributed by atoms with Gasteiger partial charge in [-0.15, -0.1) is 0 Å². The van der Waals surface area contributed by atoms with Crippen LogP contribution in [-0.4, -0.2) is 37.2 Å². The standard InChI is InChI=1S/C17H20O6/c1-9(18)23-12-6-10-11(7-21-14(10)19)16(2)4-3-5-17(13(12)16)8-22-15(17)20/h12-13H,3-8H2,1-2H3. The van der Waals surface area contributed by atoms with E-state index in [0.717, 1.165) is 24.8 Å². The summed E-state index contributed by atoms with van der Waals surface area (Å²) in [7, 11) is 0. The molecule has 2 fully saturated rings. The minimum absolute atomic E-state index is 0.151. The van der Waals surface area contributed by atoms with Crippen LogP contribution in [0.3, 0.4) is 0 Å².